The Bertz CT molecular complexity index is 758. The van der Waals surface area contributed by atoms with Crippen molar-refractivity contribution in [1.29, 1.82) is 0 Å². The molecule has 28 heavy (non-hydrogen) atoms. The van der Waals surface area contributed by atoms with Crippen LogP contribution in [0.1, 0.15) is 24.1 Å². The number of hydrogen-bond donors (Lipinski definition) is 1. The van der Waals surface area contributed by atoms with Gasteiger partial charge in [-0.25, -0.2) is 0 Å². The van der Waals surface area contributed by atoms with Gasteiger partial charge in [0.05, 0.1) is 19.8 Å². The van der Waals surface area contributed by atoms with E-state index in [0.717, 1.165) is 44.1 Å². The molecule has 1 atom stereocenters. The van der Waals surface area contributed by atoms with Crippen LogP contribution in [-0.4, -0.2) is 55.6 Å². The second kappa shape index (κ2) is 10.0. The number of nitrogens with one attached hydrogen (secondary N) is 1. The minimum Gasteiger partial charge on any atom is -0.379 e. The third-order valence-corrected chi connectivity index (χ3v) is 5.41. The first kappa shape index (κ1) is 20.8. The highest BCUT2D eigenvalue weighted by Crippen LogP contribution is 2.21. The Labute approximate surface area is 172 Å². The van der Waals surface area contributed by atoms with Gasteiger partial charge in [-0.1, -0.05) is 35.9 Å². The van der Waals surface area contributed by atoms with Gasteiger partial charge in [0.2, 0.25) is 5.91 Å². The quantitative estimate of drug-likeness (QED) is 0.766. The zero-order chi connectivity index (χ0) is 19.9. The molecule has 0 saturated carbocycles. The van der Waals surface area contributed by atoms with Crippen molar-refractivity contribution in [2.45, 2.75) is 19.5 Å². The van der Waals surface area contributed by atoms with Gasteiger partial charge in [0.1, 0.15) is 0 Å². The first-order chi connectivity index (χ1) is 13.5. The fraction of sp³-hybridized carbons (Fsp3) is 0.409. The summed E-state index contributed by atoms with van der Waals surface area (Å²) in [7, 11) is 1.95. The van der Waals surface area contributed by atoms with Gasteiger partial charge < -0.3 is 10.1 Å². The highest BCUT2D eigenvalue weighted by Gasteiger charge is 2.15. The van der Waals surface area contributed by atoms with E-state index in [-0.39, 0.29) is 11.9 Å². The molecule has 6 heteroatoms. The van der Waals surface area contributed by atoms with Crippen LogP contribution in [0.15, 0.2) is 48.5 Å². The maximum atomic E-state index is 12.4. The molecule has 1 N–H and O–H groups in total. The molecule has 0 aromatic heterocycles. The average molecular weight is 402 g/mol. The van der Waals surface area contributed by atoms with Gasteiger partial charge >= 0.3 is 0 Å². The number of likely N-dealkylation sites (N-methyl/N-ethyl adjacent to an activating group) is 1. The summed E-state index contributed by atoms with van der Waals surface area (Å²) in [4.78, 5) is 16.8. The van der Waals surface area contributed by atoms with E-state index in [1.807, 2.05) is 48.3 Å². The van der Waals surface area contributed by atoms with E-state index in [1.54, 1.807) is 0 Å². The van der Waals surface area contributed by atoms with E-state index >= 15 is 0 Å². The predicted molar refractivity (Wildman–Crippen MR) is 114 cm³/mol. The first-order valence-corrected chi connectivity index (χ1v) is 10.0. The number of rotatable bonds is 7. The number of nitrogens with zero attached hydrogens (tertiary/aromatic N) is 2. The highest BCUT2D eigenvalue weighted by atomic mass is 35.5. The molecule has 2 aromatic carbocycles. The van der Waals surface area contributed by atoms with Crippen molar-refractivity contribution in [2.75, 3.05) is 45.2 Å². The Kier molecular flexibility index (Phi) is 7.45. The predicted octanol–water partition coefficient (Wildman–Crippen LogP) is 3.80. The highest BCUT2D eigenvalue weighted by molar-refractivity contribution is 6.30. The summed E-state index contributed by atoms with van der Waals surface area (Å²) < 4.78 is 5.38. The van der Waals surface area contributed by atoms with Gasteiger partial charge in [0, 0.05) is 36.4 Å². The lowest BCUT2D eigenvalue weighted by molar-refractivity contribution is -0.117. The minimum atomic E-state index is -0.0238. The molecule has 0 radical (unpaired) electrons. The maximum Gasteiger partial charge on any atom is 0.238 e. The summed E-state index contributed by atoms with van der Waals surface area (Å²) in [6.07, 6.45) is 0. The summed E-state index contributed by atoms with van der Waals surface area (Å²) in [5.74, 6) is -0.0238. The molecule has 0 bridgehead atoms. The SMILES string of the molecule is CC(c1ccc(Cl)cc1)N(C)CC(=O)Nc1ccc(CN2CCOCC2)cc1. The van der Waals surface area contributed by atoms with Crippen LogP contribution in [0.25, 0.3) is 0 Å². The number of carbonyl (C=O) groups excluding carboxylic acids is 1. The van der Waals surface area contributed by atoms with Gasteiger partial charge in [-0.2, -0.15) is 0 Å². The van der Waals surface area contributed by atoms with Crippen LogP contribution in [-0.2, 0) is 16.1 Å². The van der Waals surface area contributed by atoms with Crippen LogP contribution in [0, 0.1) is 0 Å². The van der Waals surface area contributed by atoms with Gasteiger partial charge in [0.25, 0.3) is 0 Å². The molecule has 3 rings (SSSR count). The van der Waals surface area contributed by atoms with E-state index in [1.165, 1.54) is 5.56 Å². The molecule has 2 aromatic rings. The Morgan fingerprint density at radius 3 is 2.43 bits per heavy atom. The molecule has 1 aliphatic rings. The minimum absolute atomic E-state index is 0.0238. The van der Waals surface area contributed by atoms with E-state index in [9.17, 15) is 4.79 Å². The van der Waals surface area contributed by atoms with Crippen LogP contribution in [0.5, 0.6) is 0 Å². The molecular weight excluding hydrogens is 374 g/mol. The molecule has 1 aliphatic heterocycles. The van der Waals surface area contributed by atoms with E-state index in [4.69, 9.17) is 16.3 Å². The second-order valence-electron chi connectivity index (χ2n) is 7.28. The lowest BCUT2D eigenvalue weighted by atomic mass is 10.1. The molecule has 1 saturated heterocycles. The number of ether oxygens (including phenoxy) is 1. The zero-order valence-corrected chi connectivity index (χ0v) is 17.3. The molecule has 150 valence electrons. The Morgan fingerprint density at radius 2 is 1.79 bits per heavy atom. The number of amides is 1. The maximum absolute atomic E-state index is 12.4. The number of benzene rings is 2. The normalized spacial score (nSPS) is 16.1. The summed E-state index contributed by atoms with van der Waals surface area (Å²) in [6, 6.07) is 15.9. The van der Waals surface area contributed by atoms with E-state index in [2.05, 4.69) is 29.3 Å². The van der Waals surface area contributed by atoms with Crippen LogP contribution in [0.4, 0.5) is 5.69 Å². The van der Waals surface area contributed by atoms with Crippen molar-refractivity contribution in [3.05, 3.63) is 64.7 Å². The van der Waals surface area contributed by atoms with E-state index in [0.29, 0.717) is 11.6 Å². The second-order valence-corrected chi connectivity index (χ2v) is 7.71. The van der Waals surface area contributed by atoms with Crippen molar-refractivity contribution in [1.82, 2.24) is 9.80 Å². The number of carbonyl (C=O) groups is 1. The standard InChI is InChI=1S/C22H28ClN3O2/c1-17(19-5-7-20(23)8-6-19)25(2)16-22(27)24-21-9-3-18(4-10-21)15-26-11-13-28-14-12-26/h3-10,17H,11-16H2,1-2H3,(H,24,27). The fourth-order valence-electron chi connectivity index (χ4n) is 3.27. The average Bonchev–Trinajstić information content (AvgIpc) is 2.70. The number of morpholine rings is 1. The molecule has 0 aliphatic carbocycles. The van der Waals surface area contributed by atoms with Crippen molar-refractivity contribution >= 4 is 23.2 Å². The summed E-state index contributed by atoms with van der Waals surface area (Å²) >= 11 is 5.95. The van der Waals surface area contributed by atoms with Gasteiger partial charge in [-0.3, -0.25) is 14.6 Å². The Balaban J connectivity index is 1.49. The molecule has 1 heterocycles. The number of halogens is 1. The van der Waals surface area contributed by atoms with Crippen molar-refractivity contribution in [3.63, 3.8) is 0 Å². The third-order valence-electron chi connectivity index (χ3n) is 5.15. The van der Waals surface area contributed by atoms with Gasteiger partial charge in [-0.05, 0) is 49.4 Å². The third kappa shape index (κ3) is 6.04. The van der Waals surface area contributed by atoms with E-state index < -0.39 is 0 Å². The van der Waals surface area contributed by atoms with Gasteiger partial charge in [0.15, 0.2) is 0 Å². The Hall–Kier alpha value is -1.92. The monoisotopic (exact) mass is 401 g/mol. The lowest BCUT2D eigenvalue weighted by Crippen LogP contribution is -2.35. The molecule has 1 unspecified atom stereocenters. The van der Waals surface area contributed by atoms with Crippen molar-refractivity contribution < 1.29 is 9.53 Å². The molecule has 1 amide bonds. The molecule has 5 nitrogen and oxygen atoms in total. The van der Waals surface area contributed by atoms with Crippen LogP contribution < -0.4 is 5.32 Å². The molecule has 1 fully saturated rings. The first-order valence-electron chi connectivity index (χ1n) is 9.66. The van der Waals surface area contributed by atoms with Crippen molar-refractivity contribution in [3.8, 4) is 0 Å². The van der Waals surface area contributed by atoms with Crippen molar-refractivity contribution in [2.24, 2.45) is 0 Å². The zero-order valence-electron chi connectivity index (χ0n) is 16.5. The molecule has 0 spiro atoms. The lowest BCUT2D eigenvalue weighted by Gasteiger charge is -2.26. The number of anilines is 1. The van der Waals surface area contributed by atoms with Crippen LogP contribution in [0.2, 0.25) is 5.02 Å². The topological polar surface area (TPSA) is 44.8 Å². The van der Waals surface area contributed by atoms with Gasteiger partial charge in [-0.15, -0.1) is 0 Å². The van der Waals surface area contributed by atoms with Crippen LogP contribution in [0.3, 0.4) is 0 Å². The Morgan fingerprint density at radius 1 is 1.14 bits per heavy atom. The summed E-state index contributed by atoms with van der Waals surface area (Å²) in [5.41, 5.74) is 3.20. The summed E-state index contributed by atoms with van der Waals surface area (Å²) in [6.45, 7) is 6.86. The smallest absolute Gasteiger partial charge is 0.238 e. The number of hydrogen-bond acceptors (Lipinski definition) is 4. The summed E-state index contributed by atoms with van der Waals surface area (Å²) in [5, 5.41) is 3.70. The van der Waals surface area contributed by atoms with Crippen LogP contribution >= 0.6 is 11.6 Å². The largest absolute Gasteiger partial charge is 0.379 e. The fourth-order valence-corrected chi connectivity index (χ4v) is 3.40. The molecular formula is C22H28ClN3O2.